The third-order valence-electron chi connectivity index (χ3n) is 4.21. The van der Waals surface area contributed by atoms with Gasteiger partial charge in [0.05, 0.1) is 37.4 Å². The first kappa shape index (κ1) is 24.0. The van der Waals surface area contributed by atoms with Gasteiger partial charge in [0.1, 0.15) is 11.5 Å². The van der Waals surface area contributed by atoms with E-state index < -0.39 is 28.5 Å². The van der Waals surface area contributed by atoms with E-state index in [2.05, 4.69) is 15.0 Å². The normalized spacial score (nSPS) is 10.9. The smallest absolute Gasteiger partial charge is 0.340 e. The van der Waals surface area contributed by atoms with Gasteiger partial charge >= 0.3 is 5.97 Å². The molecule has 0 saturated heterocycles. The number of carbonyl (C=O) groups is 2. The fraction of sp³-hybridized carbons (Fsp3) is 0.190. The van der Waals surface area contributed by atoms with Crippen molar-refractivity contribution in [2.75, 3.05) is 37.1 Å². The first-order chi connectivity index (χ1) is 15.7. The topological polar surface area (TPSA) is 133 Å². The fourth-order valence-corrected chi connectivity index (χ4v) is 4.09. The molecule has 0 aliphatic carbocycles. The number of esters is 1. The first-order valence-electron chi connectivity index (χ1n) is 9.42. The molecule has 0 aliphatic heterocycles. The minimum Gasteiger partial charge on any atom is -0.497 e. The third kappa shape index (κ3) is 6.43. The summed E-state index contributed by atoms with van der Waals surface area (Å²) in [6, 6.07) is 11.2. The Balaban J connectivity index is 1.64. The number of hydrogen-bond donors (Lipinski definition) is 2. The Kier molecular flexibility index (Phi) is 7.51. The summed E-state index contributed by atoms with van der Waals surface area (Å²) in [6.45, 7) is -0.580. The second-order valence-electron chi connectivity index (χ2n) is 6.65. The molecule has 33 heavy (non-hydrogen) atoms. The van der Waals surface area contributed by atoms with Gasteiger partial charge in [-0.2, -0.15) is 0 Å². The summed E-state index contributed by atoms with van der Waals surface area (Å²) in [5, 5.41) is 4.61. The zero-order valence-electron chi connectivity index (χ0n) is 17.9. The minimum absolute atomic E-state index is 0.0163. The van der Waals surface area contributed by atoms with Gasteiger partial charge in [0, 0.05) is 10.9 Å². The molecule has 3 rings (SSSR count). The van der Waals surface area contributed by atoms with Crippen molar-refractivity contribution in [1.82, 2.24) is 4.98 Å². The predicted molar refractivity (Wildman–Crippen MR) is 124 cm³/mol. The molecule has 0 radical (unpaired) electrons. The van der Waals surface area contributed by atoms with E-state index in [0.29, 0.717) is 27.9 Å². The maximum absolute atomic E-state index is 12.4. The van der Waals surface area contributed by atoms with Crippen LogP contribution in [0, 0.1) is 0 Å². The van der Waals surface area contributed by atoms with Crippen LogP contribution in [-0.2, 0) is 19.6 Å². The van der Waals surface area contributed by atoms with Crippen LogP contribution in [0.15, 0.2) is 47.8 Å². The lowest BCUT2D eigenvalue weighted by Crippen LogP contribution is -2.21. The third-order valence-corrected chi connectivity index (χ3v) is 5.56. The molecule has 1 aromatic heterocycles. The van der Waals surface area contributed by atoms with Crippen molar-refractivity contribution in [3.63, 3.8) is 0 Å². The quantitative estimate of drug-likeness (QED) is 0.437. The van der Waals surface area contributed by atoms with Crippen LogP contribution in [-0.4, -0.2) is 52.4 Å². The highest BCUT2D eigenvalue weighted by atomic mass is 32.2. The Hall–Kier alpha value is -3.64. The van der Waals surface area contributed by atoms with Crippen LogP contribution >= 0.6 is 11.3 Å². The number of rotatable bonds is 9. The number of sulfonamides is 1. The van der Waals surface area contributed by atoms with E-state index in [-0.39, 0.29) is 11.3 Å². The van der Waals surface area contributed by atoms with Crippen LogP contribution in [0.1, 0.15) is 10.4 Å². The lowest BCUT2D eigenvalue weighted by atomic mass is 10.1. The highest BCUT2D eigenvalue weighted by Gasteiger charge is 2.17. The number of methoxy groups -OCH3 is 2. The molecule has 3 aromatic rings. The van der Waals surface area contributed by atoms with Crippen molar-refractivity contribution >= 4 is 44.1 Å². The number of nitrogens with one attached hydrogen (secondary N) is 2. The van der Waals surface area contributed by atoms with Crippen molar-refractivity contribution in [2.24, 2.45) is 0 Å². The molecule has 2 aromatic carbocycles. The number of amides is 1. The van der Waals surface area contributed by atoms with Gasteiger partial charge in [-0.25, -0.2) is 18.2 Å². The fourth-order valence-electron chi connectivity index (χ4n) is 2.78. The monoisotopic (exact) mass is 491 g/mol. The molecule has 0 aliphatic rings. The number of nitrogens with zero attached hydrogens (tertiary/aromatic N) is 1. The van der Waals surface area contributed by atoms with Gasteiger partial charge in [0.2, 0.25) is 10.0 Å². The number of benzene rings is 2. The second kappa shape index (κ2) is 10.3. The number of thiazole rings is 1. The zero-order chi connectivity index (χ0) is 24.0. The van der Waals surface area contributed by atoms with Crippen LogP contribution in [0.4, 0.5) is 10.8 Å². The van der Waals surface area contributed by atoms with Gasteiger partial charge in [-0.15, -0.1) is 11.3 Å². The van der Waals surface area contributed by atoms with Gasteiger partial charge in [0.25, 0.3) is 5.91 Å². The van der Waals surface area contributed by atoms with E-state index in [4.69, 9.17) is 14.2 Å². The molecular formula is C21H21N3O7S2. The Labute approximate surface area is 194 Å². The molecule has 10 nitrogen and oxygen atoms in total. The summed E-state index contributed by atoms with van der Waals surface area (Å²) in [5.74, 6) is -0.232. The van der Waals surface area contributed by atoms with E-state index in [1.807, 2.05) is 0 Å². The summed E-state index contributed by atoms with van der Waals surface area (Å²) in [5.41, 5.74) is 1.30. The van der Waals surface area contributed by atoms with E-state index >= 15 is 0 Å². The van der Waals surface area contributed by atoms with Gasteiger partial charge < -0.3 is 14.2 Å². The number of para-hydroxylation sites is 1. The van der Waals surface area contributed by atoms with Crippen molar-refractivity contribution in [3.8, 4) is 22.8 Å². The van der Waals surface area contributed by atoms with Gasteiger partial charge in [0.15, 0.2) is 11.7 Å². The number of ether oxygens (including phenoxy) is 3. The average Bonchev–Trinajstić information content (AvgIpc) is 3.24. The molecule has 0 spiro atoms. The Morgan fingerprint density at radius 3 is 2.55 bits per heavy atom. The lowest BCUT2D eigenvalue weighted by molar-refractivity contribution is -0.119. The Morgan fingerprint density at radius 1 is 1.09 bits per heavy atom. The van der Waals surface area contributed by atoms with Crippen LogP contribution in [0.5, 0.6) is 11.5 Å². The molecule has 1 heterocycles. The van der Waals surface area contributed by atoms with E-state index in [0.717, 1.165) is 6.26 Å². The molecule has 2 N–H and O–H groups in total. The van der Waals surface area contributed by atoms with Crippen LogP contribution in [0.3, 0.4) is 0 Å². The number of hydrogen-bond acceptors (Lipinski definition) is 9. The van der Waals surface area contributed by atoms with Crippen molar-refractivity contribution < 1.29 is 32.2 Å². The minimum atomic E-state index is -3.60. The second-order valence-corrected chi connectivity index (χ2v) is 9.25. The van der Waals surface area contributed by atoms with Gasteiger partial charge in [-0.3, -0.25) is 14.8 Å². The van der Waals surface area contributed by atoms with E-state index in [1.54, 1.807) is 42.8 Å². The molecule has 0 unspecified atom stereocenters. The maximum atomic E-state index is 12.4. The van der Waals surface area contributed by atoms with Crippen LogP contribution in [0.2, 0.25) is 0 Å². The molecular weight excluding hydrogens is 470 g/mol. The summed E-state index contributed by atoms with van der Waals surface area (Å²) in [7, 11) is -0.505. The molecule has 0 atom stereocenters. The summed E-state index contributed by atoms with van der Waals surface area (Å²) < 4.78 is 40.8. The average molecular weight is 492 g/mol. The molecule has 174 valence electrons. The maximum Gasteiger partial charge on any atom is 0.340 e. The number of carbonyl (C=O) groups excluding carboxylic acids is 2. The highest BCUT2D eigenvalue weighted by Crippen LogP contribution is 2.35. The standard InChI is InChI=1S/C21H21N3O7S2/c1-29-13-8-9-18(30-2)15(10-13)17-12-32-21(22-17)23-19(25)11-31-20(26)14-6-4-5-7-16(14)24-33(3,27)28/h4-10,12,24H,11H2,1-3H3,(H,22,23,25). The molecule has 0 fully saturated rings. The van der Waals surface area contributed by atoms with Crippen LogP contribution in [0.25, 0.3) is 11.3 Å². The lowest BCUT2D eigenvalue weighted by Gasteiger charge is -2.10. The molecule has 0 saturated carbocycles. The Morgan fingerprint density at radius 2 is 1.85 bits per heavy atom. The molecule has 12 heteroatoms. The largest absolute Gasteiger partial charge is 0.497 e. The predicted octanol–water partition coefficient (Wildman–Crippen LogP) is 2.99. The summed E-state index contributed by atoms with van der Waals surface area (Å²) >= 11 is 1.19. The highest BCUT2D eigenvalue weighted by molar-refractivity contribution is 7.92. The zero-order valence-corrected chi connectivity index (χ0v) is 19.6. The molecule has 1 amide bonds. The van der Waals surface area contributed by atoms with Crippen LogP contribution < -0.4 is 19.5 Å². The summed E-state index contributed by atoms with van der Waals surface area (Å²) in [4.78, 5) is 29.0. The first-order valence-corrected chi connectivity index (χ1v) is 12.2. The van der Waals surface area contributed by atoms with Crippen molar-refractivity contribution in [3.05, 3.63) is 53.4 Å². The number of anilines is 2. The van der Waals surface area contributed by atoms with E-state index in [9.17, 15) is 18.0 Å². The van der Waals surface area contributed by atoms with Crippen molar-refractivity contribution in [2.45, 2.75) is 0 Å². The molecule has 0 bridgehead atoms. The summed E-state index contributed by atoms with van der Waals surface area (Å²) in [6.07, 6.45) is 0.964. The van der Waals surface area contributed by atoms with Crippen molar-refractivity contribution in [1.29, 1.82) is 0 Å². The van der Waals surface area contributed by atoms with Gasteiger partial charge in [-0.1, -0.05) is 12.1 Å². The Bertz CT molecular complexity index is 1270. The number of aromatic nitrogens is 1. The SMILES string of the molecule is COc1ccc(OC)c(-c2csc(NC(=O)COC(=O)c3ccccc3NS(C)(=O)=O)n2)c1. The van der Waals surface area contributed by atoms with Gasteiger partial charge in [-0.05, 0) is 30.3 Å². The van der Waals surface area contributed by atoms with E-state index in [1.165, 1.54) is 30.6 Å².